The monoisotopic (exact) mass is 357 g/mol. The summed E-state index contributed by atoms with van der Waals surface area (Å²) in [5.41, 5.74) is 0.0575. The first-order valence-electron chi connectivity index (χ1n) is 7.07. The molecule has 0 aliphatic carbocycles. The molecule has 3 rings (SSSR count). The number of hydrogen-bond donors (Lipinski definition) is 1. The molecule has 1 saturated heterocycles. The molecule has 0 spiro atoms. The van der Waals surface area contributed by atoms with E-state index in [1.807, 2.05) is 0 Å². The van der Waals surface area contributed by atoms with Gasteiger partial charge in [0, 0.05) is 13.1 Å². The number of carbonyl (C=O) groups is 2. The van der Waals surface area contributed by atoms with Crippen LogP contribution in [0.25, 0.3) is 17.4 Å². The first-order valence-corrected chi connectivity index (χ1v) is 7.48. The van der Waals surface area contributed by atoms with Crippen LogP contribution in [0.3, 0.4) is 0 Å². The van der Waals surface area contributed by atoms with Gasteiger partial charge in [-0.2, -0.15) is 0 Å². The molecule has 1 aromatic carbocycles. The molecule has 2 amide bonds. The predicted molar refractivity (Wildman–Crippen MR) is 92.3 cm³/mol. The van der Waals surface area contributed by atoms with Gasteiger partial charge in [0.1, 0.15) is 17.1 Å². The Morgan fingerprint density at radius 2 is 1.96 bits per heavy atom. The van der Waals surface area contributed by atoms with E-state index in [1.54, 1.807) is 18.2 Å². The fourth-order valence-electron chi connectivity index (χ4n) is 2.30. The van der Waals surface area contributed by atoms with Crippen LogP contribution in [-0.2, 0) is 9.59 Å². The zero-order valence-corrected chi connectivity index (χ0v) is 13.7. The lowest BCUT2D eigenvalue weighted by atomic mass is 10.1. The van der Waals surface area contributed by atoms with Crippen LogP contribution in [0.15, 0.2) is 46.4 Å². The summed E-state index contributed by atoms with van der Waals surface area (Å²) in [6.45, 7) is 0. The SMILES string of the molecule is CN1C(=O)C(=Cc2ccc(-c3ccccc3[N+](=O)[O-])o2)C(=O)NC1=S. The highest BCUT2D eigenvalue weighted by molar-refractivity contribution is 7.80. The molecule has 25 heavy (non-hydrogen) atoms. The third-order valence-corrected chi connectivity index (χ3v) is 3.96. The van der Waals surface area contributed by atoms with Crippen LogP contribution >= 0.6 is 12.2 Å². The maximum Gasteiger partial charge on any atom is 0.280 e. The third kappa shape index (κ3) is 3.04. The van der Waals surface area contributed by atoms with Crippen LogP contribution in [-0.4, -0.2) is 33.8 Å². The number of nitrogens with zero attached hydrogens (tertiary/aromatic N) is 2. The highest BCUT2D eigenvalue weighted by Crippen LogP contribution is 2.31. The third-order valence-electron chi connectivity index (χ3n) is 3.58. The summed E-state index contributed by atoms with van der Waals surface area (Å²) in [7, 11) is 1.44. The fourth-order valence-corrected chi connectivity index (χ4v) is 2.48. The Kier molecular flexibility index (Phi) is 4.15. The zero-order valence-electron chi connectivity index (χ0n) is 12.9. The summed E-state index contributed by atoms with van der Waals surface area (Å²) >= 11 is 4.87. The predicted octanol–water partition coefficient (Wildman–Crippen LogP) is 2.11. The Morgan fingerprint density at radius 3 is 2.68 bits per heavy atom. The summed E-state index contributed by atoms with van der Waals surface area (Å²) in [5, 5.41) is 13.5. The maximum atomic E-state index is 12.1. The highest BCUT2D eigenvalue weighted by Gasteiger charge is 2.31. The smallest absolute Gasteiger partial charge is 0.280 e. The van der Waals surface area contributed by atoms with E-state index in [0.29, 0.717) is 5.56 Å². The van der Waals surface area contributed by atoms with Crippen LogP contribution in [0.4, 0.5) is 5.69 Å². The van der Waals surface area contributed by atoms with Crippen LogP contribution in [0.1, 0.15) is 5.76 Å². The van der Waals surface area contributed by atoms with Crippen molar-refractivity contribution in [1.82, 2.24) is 10.2 Å². The zero-order chi connectivity index (χ0) is 18.1. The minimum atomic E-state index is -0.628. The van der Waals surface area contributed by atoms with Gasteiger partial charge in [0.05, 0.1) is 10.5 Å². The van der Waals surface area contributed by atoms with Crippen molar-refractivity contribution in [2.75, 3.05) is 7.05 Å². The first-order chi connectivity index (χ1) is 11.9. The van der Waals surface area contributed by atoms with Gasteiger partial charge in [0.15, 0.2) is 5.11 Å². The van der Waals surface area contributed by atoms with E-state index >= 15 is 0 Å². The van der Waals surface area contributed by atoms with Gasteiger partial charge < -0.3 is 4.42 Å². The molecule has 0 atom stereocenters. The number of thiocarbonyl (C=S) groups is 1. The Labute approximate surface area is 146 Å². The second-order valence-electron chi connectivity index (χ2n) is 5.16. The number of amides is 2. The van der Waals surface area contributed by atoms with Crippen molar-refractivity contribution in [2.24, 2.45) is 0 Å². The lowest BCUT2D eigenvalue weighted by molar-refractivity contribution is -0.384. The van der Waals surface area contributed by atoms with E-state index < -0.39 is 16.7 Å². The molecule has 1 fully saturated rings. The number of para-hydroxylation sites is 1. The van der Waals surface area contributed by atoms with Crippen LogP contribution in [0.5, 0.6) is 0 Å². The van der Waals surface area contributed by atoms with Gasteiger partial charge in [-0.1, -0.05) is 12.1 Å². The number of nitrogens with one attached hydrogen (secondary N) is 1. The molecule has 9 heteroatoms. The molecule has 0 bridgehead atoms. The van der Waals surface area contributed by atoms with Gasteiger partial charge in [-0.25, -0.2) is 0 Å². The number of rotatable bonds is 3. The average Bonchev–Trinajstić information content (AvgIpc) is 3.05. The van der Waals surface area contributed by atoms with E-state index in [2.05, 4.69) is 5.32 Å². The molecule has 8 nitrogen and oxygen atoms in total. The molecule has 1 aromatic heterocycles. The van der Waals surface area contributed by atoms with Crippen molar-refractivity contribution in [3.05, 3.63) is 57.8 Å². The molecule has 126 valence electrons. The number of carbonyl (C=O) groups excluding carboxylic acids is 2. The summed E-state index contributed by atoms with van der Waals surface area (Å²) in [6.07, 6.45) is 1.27. The molecule has 0 radical (unpaired) electrons. The Morgan fingerprint density at radius 1 is 1.24 bits per heavy atom. The lowest BCUT2D eigenvalue weighted by Crippen LogP contribution is -2.52. The van der Waals surface area contributed by atoms with E-state index in [9.17, 15) is 19.7 Å². The Hall–Kier alpha value is -3.33. The topological polar surface area (TPSA) is 106 Å². The maximum absolute atomic E-state index is 12.1. The quantitative estimate of drug-likeness (QED) is 0.296. The van der Waals surface area contributed by atoms with Gasteiger partial charge >= 0.3 is 0 Å². The number of likely N-dealkylation sites (N-methyl/N-ethyl adjacent to an activating group) is 1. The van der Waals surface area contributed by atoms with Crippen LogP contribution in [0.2, 0.25) is 0 Å². The summed E-state index contributed by atoms with van der Waals surface area (Å²) in [5.74, 6) is -0.714. The number of nitro benzene ring substituents is 1. The number of nitro groups is 1. The molecular formula is C16H11N3O5S. The first kappa shape index (κ1) is 16.5. The second kappa shape index (κ2) is 6.29. The second-order valence-corrected chi connectivity index (χ2v) is 5.54. The summed E-state index contributed by atoms with van der Waals surface area (Å²) in [6, 6.07) is 9.18. The minimum absolute atomic E-state index is 0.0206. The van der Waals surface area contributed by atoms with E-state index in [0.717, 1.165) is 4.90 Å². The molecule has 2 aromatic rings. The minimum Gasteiger partial charge on any atom is -0.456 e. The van der Waals surface area contributed by atoms with Crippen LogP contribution < -0.4 is 5.32 Å². The molecule has 1 aliphatic heterocycles. The van der Waals surface area contributed by atoms with Crippen molar-refractivity contribution in [3.8, 4) is 11.3 Å². The van der Waals surface area contributed by atoms with Crippen molar-refractivity contribution in [2.45, 2.75) is 0 Å². The Bertz CT molecular complexity index is 947. The van der Waals surface area contributed by atoms with Crippen molar-refractivity contribution in [1.29, 1.82) is 0 Å². The molecule has 1 aliphatic rings. The van der Waals surface area contributed by atoms with Gasteiger partial charge in [-0.15, -0.1) is 0 Å². The summed E-state index contributed by atoms with van der Waals surface area (Å²) in [4.78, 5) is 35.8. The van der Waals surface area contributed by atoms with E-state index in [-0.39, 0.29) is 27.9 Å². The van der Waals surface area contributed by atoms with Gasteiger partial charge in [0.2, 0.25) is 0 Å². The largest absolute Gasteiger partial charge is 0.456 e. The number of benzene rings is 1. The normalized spacial score (nSPS) is 16.3. The van der Waals surface area contributed by atoms with Gasteiger partial charge in [-0.3, -0.25) is 29.9 Å². The van der Waals surface area contributed by atoms with Crippen molar-refractivity contribution < 1.29 is 18.9 Å². The standard InChI is InChI=1S/C16H11N3O5S/c1-18-15(21)11(14(20)17-16(18)25)8-9-6-7-13(24-9)10-4-2-3-5-12(10)19(22)23/h2-8H,1H3,(H,17,20,25). The molecule has 2 heterocycles. The Balaban J connectivity index is 1.98. The molecule has 1 N–H and O–H groups in total. The highest BCUT2D eigenvalue weighted by atomic mass is 32.1. The number of furan rings is 1. The summed E-state index contributed by atoms with van der Waals surface area (Å²) < 4.78 is 5.56. The van der Waals surface area contributed by atoms with Gasteiger partial charge in [-0.05, 0) is 36.5 Å². The molecular weight excluding hydrogens is 346 g/mol. The van der Waals surface area contributed by atoms with E-state index in [4.69, 9.17) is 16.6 Å². The number of hydrogen-bond acceptors (Lipinski definition) is 6. The van der Waals surface area contributed by atoms with Crippen molar-refractivity contribution in [3.63, 3.8) is 0 Å². The molecule has 0 saturated carbocycles. The van der Waals surface area contributed by atoms with Crippen LogP contribution in [0, 0.1) is 10.1 Å². The fraction of sp³-hybridized carbons (Fsp3) is 0.0625. The average molecular weight is 357 g/mol. The molecule has 0 unspecified atom stereocenters. The van der Waals surface area contributed by atoms with Crippen molar-refractivity contribution >= 4 is 40.9 Å². The lowest BCUT2D eigenvalue weighted by Gasteiger charge is -2.24. The van der Waals surface area contributed by atoms with Gasteiger partial charge in [0.25, 0.3) is 17.5 Å². The van der Waals surface area contributed by atoms with E-state index in [1.165, 1.54) is 31.3 Å².